The Balaban J connectivity index is 1.45. The normalized spacial score (nSPS) is 12.1. The van der Waals surface area contributed by atoms with Crippen LogP contribution in [0.3, 0.4) is 0 Å². The molecule has 0 aliphatic rings. The number of hydrogen-bond acceptors (Lipinski definition) is 5. The quantitative estimate of drug-likeness (QED) is 0.467. The number of thiazole rings is 1. The zero-order valence-electron chi connectivity index (χ0n) is 16.0. The first kappa shape index (κ1) is 19.3. The molecule has 29 heavy (non-hydrogen) atoms. The van der Waals surface area contributed by atoms with Gasteiger partial charge in [-0.25, -0.2) is 14.4 Å². The molecule has 1 N–H and O–H groups in total. The lowest BCUT2D eigenvalue weighted by Gasteiger charge is -2.20. The van der Waals surface area contributed by atoms with Crippen LogP contribution in [0.25, 0.3) is 0 Å². The highest BCUT2D eigenvalue weighted by atomic mass is 32.1. The third-order valence-corrected chi connectivity index (χ3v) is 5.27. The largest absolute Gasteiger partial charge is 0.487 e. The molecule has 0 fully saturated rings. The van der Waals surface area contributed by atoms with Crippen LogP contribution >= 0.6 is 11.3 Å². The average Bonchev–Trinajstić information content (AvgIpc) is 3.41. The minimum atomic E-state index is -0.350. The maximum absolute atomic E-state index is 14.4. The van der Waals surface area contributed by atoms with Gasteiger partial charge in [-0.05, 0) is 23.8 Å². The maximum atomic E-state index is 14.4. The Hall–Kier alpha value is -3.03. The summed E-state index contributed by atoms with van der Waals surface area (Å²) >= 11 is 1.55. The van der Waals surface area contributed by atoms with Gasteiger partial charge in [0.25, 0.3) is 0 Å². The van der Waals surface area contributed by atoms with Gasteiger partial charge < -0.3 is 9.30 Å². The Kier molecular flexibility index (Phi) is 5.97. The van der Waals surface area contributed by atoms with E-state index in [1.165, 1.54) is 6.07 Å². The molecule has 2 aromatic carbocycles. The molecule has 0 saturated carbocycles. The van der Waals surface area contributed by atoms with Gasteiger partial charge >= 0.3 is 0 Å². The van der Waals surface area contributed by atoms with E-state index in [0.717, 1.165) is 22.8 Å². The smallest absolute Gasteiger partial charge is 0.131 e. The molecule has 2 aromatic heterocycles. The fourth-order valence-electron chi connectivity index (χ4n) is 3.09. The summed E-state index contributed by atoms with van der Waals surface area (Å²) in [7, 11) is 1.91. The van der Waals surface area contributed by atoms with Crippen LogP contribution in [0.2, 0.25) is 0 Å². The Morgan fingerprint density at radius 2 is 1.97 bits per heavy atom. The summed E-state index contributed by atoms with van der Waals surface area (Å²) in [6, 6.07) is 14.3. The van der Waals surface area contributed by atoms with E-state index < -0.39 is 0 Å². The predicted molar refractivity (Wildman–Crippen MR) is 111 cm³/mol. The molecule has 0 bridgehead atoms. The Morgan fingerprint density at radius 3 is 2.66 bits per heavy atom. The summed E-state index contributed by atoms with van der Waals surface area (Å²) in [5, 5.41) is 5.41. The van der Waals surface area contributed by atoms with Crippen molar-refractivity contribution in [2.24, 2.45) is 7.05 Å². The number of halogens is 1. The van der Waals surface area contributed by atoms with E-state index in [9.17, 15) is 4.39 Å². The van der Waals surface area contributed by atoms with Gasteiger partial charge in [-0.2, -0.15) is 0 Å². The molecule has 0 amide bonds. The molecular formula is C22H21FN4OS. The van der Waals surface area contributed by atoms with E-state index in [1.54, 1.807) is 35.2 Å². The number of hydrogen-bond donors (Lipinski definition) is 1. The lowest BCUT2D eigenvalue weighted by Crippen LogP contribution is -2.25. The molecule has 0 unspecified atom stereocenters. The standard InChI is InChI=1S/C22H21FN4OS/c1-27-11-10-24-22(27)21(19-4-2-3-5-20(19)23)25-12-16-6-8-18(9-7-16)28-13-17-14-29-15-26-17/h2-11,14-15,21,25H,12-13H2,1H3/t21-/m0/s1. The first-order valence-corrected chi connectivity index (χ1v) is 10.2. The number of rotatable bonds is 8. The van der Waals surface area contributed by atoms with Crippen LogP contribution in [-0.2, 0) is 20.2 Å². The number of nitrogens with zero attached hydrogens (tertiary/aromatic N) is 3. The summed E-state index contributed by atoms with van der Waals surface area (Å²) in [5.74, 6) is 1.30. The van der Waals surface area contributed by atoms with Gasteiger partial charge in [-0.15, -0.1) is 11.3 Å². The number of imidazole rings is 1. The molecule has 2 heterocycles. The second-order valence-electron chi connectivity index (χ2n) is 6.64. The lowest BCUT2D eigenvalue weighted by molar-refractivity contribution is 0.302. The van der Waals surface area contributed by atoms with Crippen molar-refractivity contribution in [1.29, 1.82) is 0 Å². The van der Waals surface area contributed by atoms with Gasteiger partial charge in [0.1, 0.15) is 24.0 Å². The van der Waals surface area contributed by atoms with Crippen LogP contribution in [0.15, 0.2) is 71.8 Å². The van der Waals surface area contributed by atoms with Crippen LogP contribution in [0.4, 0.5) is 4.39 Å². The Labute approximate surface area is 172 Å². The first-order chi connectivity index (χ1) is 14.2. The van der Waals surface area contributed by atoms with Crippen LogP contribution in [0.1, 0.15) is 28.7 Å². The van der Waals surface area contributed by atoms with Crippen molar-refractivity contribution >= 4 is 11.3 Å². The summed E-state index contributed by atoms with van der Waals surface area (Å²) in [6.07, 6.45) is 3.58. The van der Waals surface area contributed by atoms with Crippen LogP contribution in [-0.4, -0.2) is 14.5 Å². The van der Waals surface area contributed by atoms with E-state index in [0.29, 0.717) is 18.7 Å². The molecule has 1 atom stereocenters. The second-order valence-corrected chi connectivity index (χ2v) is 7.36. The van der Waals surface area contributed by atoms with Crippen LogP contribution < -0.4 is 10.1 Å². The Bertz CT molecular complexity index is 1050. The minimum absolute atomic E-state index is 0.251. The first-order valence-electron chi connectivity index (χ1n) is 9.24. The van der Waals surface area contributed by atoms with Gasteiger partial charge in [0.05, 0.1) is 17.2 Å². The summed E-state index contributed by atoms with van der Waals surface area (Å²) in [6.45, 7) is 1.02. The second kappa shape index (κ2) is 8.98. The van der Waals surface area contributed by atoms with Crippen molar-refractivity contribution < 1.29 is 9.13 Å². The average molecular weight is 409 g/mol. The predicted octanol–water partition coefficient (Wildman–Crippen LogP) is 4.47. The lowest BCUT2D eigenvalue weighted by atomic mass is 10.0. The van der Waals surface area contributed by atoms with Crippen LogP contribution in [0, 0.1) is 5.82 Å². The number of benzene rings is 2. The highest BCUT2D eigenvalue weighted by Crippen LogP contribution is 2.24. The topological polar surface area (TPSA) is 52.0 Å². The van der Waals surface area contributed by atoms with Gasteiger partial charge in [-0.3, -0.25) is 5.32 Å². The van der Waals surface area contributed by atoms with Crippen molar-refractivity contribution in [1.82, 2.24) is 19.9 Å². The highest BCUT2D eigenvalue weighted by Gasteiger charge is 2.20. The third kappa shape index (κ3) is 4.70. The van der Waals surface area contributed by atoms with E-state index in [2.05, 4.69) is 15.3 Å². The minimum Gasteiger partial charge on any atom is -0.487 e. The molecule has 7 heteroatoms. The van der Waals surface area contributed by atoms with E-state index in [-0.39, 0.29) is 11.9 Å². The van der Waals surface area contributed by atoms with Crippen molar-refractivity contribution in [3.05, 3.63) is 100 Å². The molecule has 4 aromatic rings. The molecule has 5 nitrogen and oxygen atoms in total. The molecule has 0 aliphatic carbocycles. The van der Waals surface area contributed by atoms with Crippen molar-refractivity contribution in [3.8, 4) is 5.75 Å². The number of aryl methyl sites for hydroxylation is 1. The van der Waals surface area contributed by atoms with Crippen molar-refractivity contribution in [2.75, 3.05) is 0 Å². The zero-order valence-corrected chi connectivity index (χ0v) is 16.8. The molecule has 0 aliphatic heterocycles. The number of ether oxygens (including phenoxy) is 1. The maximum Gasteiger partial charge on any atom is 0.131 e. The molecule has 0 spiro atoms. The number of aromatic nitrogens is 3. The molecule has 0 saturated heterocycles. The van der Waals surface area contributed by atoms with Gasteiger partial charge in [0, 0.05) is 36.9 Å². The fourth-order valence-corrected chi connectivity index (χ4v) is 3.64. The third-order valence-electron chi connectivity index (χ3n) is 4.64. The zero-order chi connectivity index (χ0) is 20.1. The van der Waals surface area contributed by atoms with E-state index >= 15 is 0 Å². The summed E-state index contributed by atoms with van der Waals surface area (Å²) < 4.78 is 22.1. The van der Waals surface area contributed by atoms with Gasteiger partial charge in [-0.1, -0.05) is 30.3 Å². The van der Waals surface area contributed by atoms with Crippen LogP contribution in [0.5, 0.6) is 5.75 Å². The Morgan fingerprint density at radius 1 is 1.14 bits per heavy atom. The highest BCUT2D eigenvalue weighted by molar-refractivity contribution is 7.07. The van der Waals surface area contributed by atoms with E-state index in [4.69, 9.17) is 4.74 Å². The molecule has 4 rings (SSSR count). The van der Waals surface area contributed by atoms with Gasteiger partial charge in [0.2, 0.25) is 0 Å². The monoisotopic (exact) mass is 408 g/mol. The van der Waals surface area contributed by atoms with Crippen molar-refractivity contribution in [3.63, 3.8) is 0 Å². The molecule has 0 radical (unpaired) electrons. The SMILES string of the molecule is Cn1ccnc1[C@@H](NCc1ccc(OCc2cscn2)cc1)c1ccccc1F. The van der Waals surface area contributed by atoms with E-state index in [1.807, 2.05) is 53.5 Å². The summed E-state index contributed by atoms with van der Waals surface area (Å²) in [4.78, 5) is 8.63. The summed E-state index contributed by atoms with van der Waals surface area (Å²) in [5.41, 5.74) is 4.36. The van der Waals surface area contributed by atoms with Gasteiger partial charge in [0.15, 0.2) is 0 Å². The molecular weight excluding hydrogens is 387 g/mol. The fraction of sp³-hybridized carbons (Fsp3) is 0.182. The number of nitrogens with one attached hydrogen (secondary N) is 1. The van der Waals surface area contributed by atoms with Crippen molar-refractivity contribution in [2.45, 2.75) is 19.2 Å². The molecule has 148 valence electrons.